The second-order valence-corrected chi connectivity index (χ2v) is 19.5. The van der Waals surface area contributed by atoms with Crippen LogP contribution < -0.4 is 11.1 Å². The van der Waals surface area contributed by atoms with E-state index in [0.717, 1.165) is 36.8 Å². The summed E-state index contributed by atoms with van der Waals surface area (Å²) in [6.45, 7) is 6.86. The number of amides is 2. The number of fused-ring (bicyclic) bond motifs is 2. The molecule has 0 bridgehead atoms. The van der Waals surface area contributed by atoms with E-state index in [-0.39, 0.29) is 144 Å². The van der Waals surface area contributed by atoms with Crippen molar-refractivity contribution < 1.29 is 57.6 Å². The molecule has 0 spiro atoms. The highest BCUT2D eigenvalue weighted by atomic mass is 79.9. The lowest BCUT2D eigenvalue weighted by Gasteiger charge is -2.34. The third-order valence-corrected chi connectivity index (χ3v) is 13.7. The summed E-state index contributed by atoms with van der Waals surface area (Å²) in [4.78, 5) is 104. The maximum absolute atomic E-state index is 14.5. The van der Waals surface area contributed by atoms with Crippen molar-refractivity contribution in [1.82, 2.24) is 34.9 Å². The van der Waals surface area contributed by atoms with E-state index in [1.807, 2.05) is 42.2 Å². The predicted octanol–water partition coefficient (Wildman–Crippen LogP) is 4.75. The van der Waals surface area contributed by atoms with Gasteiger partial charge < -0.3 is 40.0 Å². The number of ketones is 4. The van der Waals surface area contributed by atoms with E-state index in [9.17, 15) is 33.6 Å². The van der Waals surface area contributed by atoms with E-state index < -0.39 is 18.1 Å². The molecule has 4 heterocycles. The number of piperidine rings is 1. The average molecular weight is 1080 g/mol. The van der Waals surface area contributed by atoms with Crippen molar-refractivity contribution in [2.24, 2.45) is 11.7 Å². The Bertz CT molecular complexity index is 2590. The Balaban J connectivity index is 0.884. The van der Waals surface area contributed by atoms with Crippen LogP contribution in [-0.4, -0.2) is 153 Å². The zero-order valence-corrected chi connectivity index (χ0v) is 43.5. The number of nitrogens with one attached hydrogen (secondary N) is 1. The normalized spacial score (nSPS) is 17.4. The number of hydrogen-bond acceptors (Lipinski definition) is 16. The molecule has 0 unspecified atom stereocenters. The van der Waals surface area contributed by atoms with Crippen LogP contribution in [0.4, 0.5) is 0 Å². The summed E-state index contributed by atoms with van der Waals surface area (Å²) >= 11 is 3.42. The van der Waals surface area contributed by atoms with Crippen LogP contribution in [0.3, 0.4) is 0 Å². The van der Waals surface area contributed by atoms with Crippen LogP contribution in [-0.2, 0) is 67.1 Å². The van der Waals surface area contributed by atoms with Gasteiger partial charge in [0.2, 0.25) is 11.8 Å². The highest BCUT2D eigenvalue weighted by Crippen LogP contribution is 2.61. The van der Waals surface area contributed by atoms with Gasteiger partial charge >= 0.3 is 5.97 Å². The van der Waals surface area contributed by atoms with Crippen molar-refractivity contribution in [3.05, 3.63) is 70.1 Å². The average Bonchev–Trinajstić information content (AvgIpc) is 3.78. The number of carbonyl (C=O) groups is 7. The number of benzene rings is 1. The lowest BCUT2D eigenvalue weighted by atomic mass is 10.0. The minimum absolute atomic E-state index is 0.0252. The van der Waals surface area contributed by atoms with E-state index in [0.29, 0.717) is 58.5 Å². The standard InChI is InChI=1S/C52H67BrN8O12/c1-4-5-16-52-27-37(52)25-44(45(65)26-42-33(2)8-14-46(53)58-42)61(52)49(67)30-60-43-13-9-35(24-40(43)50(59-60)34(3)62)36-28-56-47(57-29-36)15-11-39(64)31-72-22-21-71-19-17-55-48(66)32-73-23-20-70-18-6-7-38(63)10-12-41(54)51(68)69/h8-9,13-14,24,28-29,37,41,44H,4-7,10-12,15-23,25-27,30-32,54H2,1-3H3,(H,55,66)(H,68,69)/t37-,41-,44-,52+/m0/s1. The first-order valence-corrected chi connectivity index (χ1v) is 25.8. The fourth-order valence-electron chi connectivity index (χ4n) is 9.20. The molecule has 2 amide bonds. The summed E-state index contributed by atoms with van der Waals surface area (Å²) < 4.78 is 23.8. The highest BCUT2D eigenvalue weighted by molar-refractivity contribution is 9.10. The van der Waals surface area contributed by atoms with Gasteiger partial charge in [0.05, 0.1) is 56.7 Å². The third-order valence-electron chi connectivity index (χ3n) is 13.3. The Kier molecular flexibility index (Phi) is 21.3. The van der Waals surface area contributed by atoms with Crippen LogP contribution in [0, 0.1) is 12.8 Å². The second-order valence-electron chi connectivity index (χ2n) is 18.7. The fraction of sp³-hybridized carbons (Fsp3) is 0.558. The third kappa shape index (κ3) is 16.1. The van der Waals surface area contributed by atoms with Crippen molar-refractivity contribution in [3.8, 4) is 11.1 Å². The first kappa shape index (κ1) is 56.6. The number of likely N-dealkylation sites (tertiary alicyclic amines) is 1. The van der Waals surface area contributed by atoms with E-state index in [1.165, 1.54) is 6.92 Å². The molecule has 21 heteroatoms. The van der Waals surface area contributed by atoms with Crippen molar-refractivity contribution in [2.45, 2.75) is 122 Å². The number of Topliss-reactive ketones (excluding diaryl/α,β-unsaturated/α-hetero) is 4. The Morgan fingerprint density at radius 1 is 0.890 bits per heavy atom. The van der Waals surface area contributed by atoms with Gasteiger partial charge in [-0.05, 0) is 90.2 Å². The summed E-state index contributed by atoms with van der Waals surface area (Å²) in [5.41, 5.74) is 8.95. The number of nitrogens with zero attached hydrogens (tertiary/aromatic N) is 6. The SMILES string of the molecule is CCCC[C@@]12C[C@@H]1C[C@@H](C(=O)Cc1nc(Br)ccc1C)N2C(=O)Cn1nc(C(C)=O)c2cc(-c3cnc(CCC(=O)COCCOCCNC(=O)COCCOCCCC(=O)CC[C@H](N)C(=O)O)nc3)ccc21. The van der Waals surface area contributed by atoms with Crippen LogP contribution in [0.15, 0.2) is 47.3 Å². The van der Waals surface area contributed by atoms with Crippen LogP contribution >= 0.6 is 15.9 Å². The van der Waals surface area contributed by atoms with Gasteiger partial charge in [0.15, 0.2) is 17.3 Å². The first-order valence-electron chi connectivity index (χ1n) is 25.0. The van der Waals surface area contributed by atoms with Crippen LogP contribution in [0.5, 0.6) is 0 Å². The fourth-order valence-corrected chi connectivity index (χ4v) is 9.55. The largest absolute Gasteiger partial charge is 0.480 e. The Hall–Kier alpha value is -5.71. The van der Waals surface area contributed by atoms with Gasteiger partial charge in [0, 0.05) is 74.6 Å². The van der Waals surface area contributed by atoms with E-state index in [2.05, 4.69) is 48.2 Å². The maximum Gasteiger partial charge on any atom is 0.320 e. The van der Waals surface area contributed by atoms with Gasteiger partial charge in [0.1, 0.15) is 47.7 Å². The van der Waals surface area contributed by atoms with Crippen molar-refractivity contribution >= 4 is 67.7 Å². The van der Waals surface area contributed by atoms with Gasteiger partial charge in [-0.25, -0.2) is 15.0 Å². The molecule has 6 rings (SSSR count). The zero-order chi connectivity index (χ0) is 52.5. The van der Waals surface area contributed by atoms with Crippen LogP contribution in [0.2, 0.25) is 0 Å². The van der Waals surface area contributed by atoms with Gasteiger partial charge in [-0.1, -0.05) is 31.9 Å². The number of aromatic nitrogens is 5. The Morgan fingerprint density at radius 3 is 2.34 bits per heavy atom. The predicted molar refractivity (Wildman–Crippen MR) is 270 cm³/mol. The number of aliphatic carboxylic acids is 1. The molecule has 4 aromatic rings. The van der Waals surface area contributed by atoms with Crippen molar-refractivity contribution in [3.63, 3.8) is 0 Å². The molecule has 1 saturated carbocycles. The van der Waals surface area contributed by atoms with Gasteiger partial charge in [-0.3, -0.25) is 38.2 Å². The van der Waals surface area contributed by atoms with Crippen LogP contribution in [0.25, 0.3) is 22.0 Å². The number of pyridine rings is 1. The van der Waals surface area contributed by atoms with E-state index in [1.54, 1.807) is 17.1 Å². The lowest BCUT2D eigenvalue weighted by molar-refractivity contribution is -0.142. The number of halogens is 1. The van der Waals surface area contributed by atoms with Crippen molar-refractivity contribution in [1.29, 1.82) is 0 Å². The molecule has 394 valence electrons. The maximum atomic E-state index is 14.5. The summed E-state index contributed by atoms with van der Waals surface area (Å²) in [6, 6.07) is 7.72. The number of carboxylic acids is 1. The van der Waals surface area contributed by atoms with E-state index in [4.69, 9.17) is 29.8 Å². The highest BCUT2D eigenvalue weighted by Gasteiger charge is 2.67. The molecule has 4 N–H and O–H groups in total. The number of carbonyl (C=O) groups excluding carboxylic acids is 6. The summed E-state index contributed by atoms with van der Waals surface area (Å²) in [5, 5.41) is 16.7. The molecule has 1 aromatic carbocycles. The zero-order valence-electron chi connectivity index (χ0n) is 41.9. The number of hydrogen-bond donors (Lipinski definition) is 3. The minimum atomic E-state index is -1.13. The molecule has 4 atom stereocenters. The summed E-state index contributed by atoms with van der Waals surface area (Å²) in [6.07, 6.45) is 9.21. The topological polar surface area (TPSA) is 274 Å². The summed E-state index contributed by atoms with van der Waals surface area (Å²) in [5.74, 6) is -1.35. The molecular formula is C52H67BrN8O12. The number of carboxylic acid groups (broad SMARTS) is 1. The van der Waals surface area contributed by atoms with Gasteiger partial charge in [-0.2, -0.15) is 5.10 Å². The van der Waals surface area contributed by atoms with Crippen LogP contribution in [0.1, 0.15) is 106 Å². The first-order chi connectivity index (χ1) is 35.1. The monoisotopic (exact) mass is 1070 g/mol. The molecule has 0 radical (unpaired) electrons. The second kappa shape index (κ2) is 27.5. The molecular weight excluding hydrogens is 1010 g/mol. The van der Waals surface area contributed by atoms with Crippen molar-refractivity contribution in [2.75, 3.05) is 59.4 Å². The van der Waals surface area contributed by atoms with Gasteiger partial charge in [0.25, 0.3) is 0 Å². The lowest BCUT2D eigenvalue weighted by Crippen LogP contribution is -2.50. The molecule has 73 heavy (non-hydrogen) atoms. The number of unbranched alkanes of at least 4 members (excludes halogenated alkanes) is 1. The molecule has 2 aliphatic rings. The molecule has 1 aliphatic carbocycles. The minimum Gasteiger partial charge on any atom is -0.480 e. The Labute approximate surface area is 433 Å². The summed E-state index contributed by atoms with van der Waals surface area (Å²) in [7, 11) is 0. The quantitative estimate of drug-likeness (QED) is 0.0323. The number of aryl methyl sites for hydroxylation is 2. The molecule has 3 aromatic heterocycles. The molecule has 1 aliphatic heterocycles. The molecule has 1 saturated heterocycles. The number of nitrogens with two attached hydrogens (primary N) is 1. The number of rotatable bonds is 34. The van der Waals surface area contributed by atoms with E-state index >= 15 is 0 Å². The van der Waals surface area contributed by atoms with Gasteiger partial charge in [-0.15, -0.1) is 0 Å². The molecule has 2 fully saturated rings. The molecule has 20 nitrogen and oxygen atoms in total. The Morgan fingerprint density at radius 2 is 1.62 bits per heavy atom. The smallest absolute Gasteiger partial charge is 0.320 e. The number of ether oxygens (including phenoxy) is 4.